The van der Waals surface area contributed by atoms with Crippen molar-refractivity contribution in [3.63, 3.8) is 0 Å². The molecule has 1 heterocycles. The summed E-state index contributed by atoms with van der Waals surface area (Å²) in [5.74, 6) is -1.96. The third-order valence-corrected chi connectivity index (χ3v) is 2.42. The summed E-state index contributed by atoms with van der Waals surface area (Å²) in [5.41, 5.74) is 0.0526. The van der Waals surface area contributed by atoms with Gasteiger partial charge in [-0.3, -0.25) is 9.59 Å². The van der Waals surface area contributed by atoms with Crippen LogP contribution in [0.4, 0.5) is 4.39 Å². The fourth-order valence-electron chi connectivity index (χ4n) is 1.41. The Hall–Kier alpha value is -1.65. The fraction of sp³-hybridized carbons (Fsp3) is 0.500. The van der Waals surface area contributed by atoms with Gasteiger partial charge in [0.15, 0.2) is 5.95 Å². The first-order valence-corrected chi connectivity index (χ1v) is 5.32. The number of nitrogens with one attached hydrogen (secondary N) is 1. The van der Waals surface area contributed by atoms with Crippen LogP contribution in [0.25, 0.3) is 0 Å². The number of halogens is 1. The highest BCUT2D eigenvalue weighted by Crippen LogP contribution is 2.14. The second-order valence-corrected chi connectivity index (χ2v) is 5.06. The molecule has 0 aromatic carbocycles. The van der Waals surface area contributed by atoms with Gasteiger partial charge in [-0.15, -0.1) is 0 Å². The van der Waals surface area contributed by atoms with Crippen molar-refractivity contribution in [3.8, 4) is 0 Å². The van der Waals surface area contributed by atoms with Crippen LogP contribution in [0.15, 0.2) is 6.07 Å². The molecule has 0 spiro atoms. The van der Waals surface area contributed by atoms with E-state index < -0.39 is 23.2 Å². The Balaban J connectivity index is 2.98. The maximum Gasteiger partial charge on any atom is 0.292 e. The molecule has 1 aromatic rings. The SMILES string of the molecule is Cc1c(C(=O)C(=O)NC(C)(C)C)cc(F)n1C. The maximum absolute atomic E-state index is 13.2. The van der Waals surface area contributed by atoms with Crippen LogP contribution in [0.2, 0.25) is 0 Å². The number of carbonyl (C=O) groups excluding carboxylic acids is 2. The molecule has 1 aromatic heterocycles. The number of ketones is 1. The van der Waals surface area contributed by atoms with Crippen LogP contribution in [-0.2, 0) is 11.8 Å². The van der Waals surface area contributed by atoms with E-state index in [0.29, 0.717) is 5.69 Å². The molecule has 5 heteroatoms. The van der Waals surface area contributed by atoms with Crippen LogP contribution in [0.5, 0.6) is 0 Å². The topological polar surface area (TPSA) is 51.1 Å². The number of amides is 1. The van der Waals surface area contributed by atoms with Crippen LogP contribution >= 0.6 is 0 Å². The van der Waals surface area contributed by atoms with Gasteiger partial charge >= 0.3 is 0 Å². The van der Waals surface area contributed by atoms with Gasteiger partial charge in [0.1, 0.15) is 0 Å². The molecule has 0 aliphatic rings. The Morgan fingerprint density at radius 3 is 2.24 bits per heavy atom. The van der Waals surface area contributed by atoms with Crippen LogP contribution in [-0.4, -0.2) is 21.8 Å². The molecule has 0 saturated carbocycles. The molecule has 94 valence electrons. The lowest BCUT2D eigenvalue weighted by molar-refractivity contribution is -0.118. The van der Waals surface area contributed by atoms with Gasteiger partial charge in [-0.2, -0.15) is 4.39 Å². The van der Waals surface area contributed by atoms with Gasteiger partial charge in [-0.05, 0) is 27.7 Å². The average Bonchev–Trinajstić information content (AvgIpc) is 2.42. The van der Waals surface area contributed by atoms with Crippen molar-refractivity contribution >= 4 is 11.7 Å². The number of nitrogens with zero attached hydrogens (tertiary/aromatic N) is 1. The van der Waals surface area contributed by atoms with Crippen molar-refractivity contribution in [3.05, 3.63) is 23.3 Å². The van der Waals surface area contributed by atoms with Gasteiger partial charge in [-0.1, -0.05) is 0 Å². The maximum atomic E-state index is 13.2. The third-order valence-electron chi connectivity index (χ3n) is 2.42. The minimum absolute atomic E-state index is 0.103. The Kier molecular flexibility index (Phi) is 3.40. The van der Waals surface area contributed by atoms with Gasteiger partial charge in [0.25, 0.3) is 11.7 Å². The van der Waals surface area contributed by atoms with E-state index in [2.05, 4.69) is 5.32 Å². The zero-order valence-electron chi connectivity index (χ0n) is 10.7. The van der Waals surface area contributed by atoms with E-state index in [-0.39, 0.29) is 5.56 Å². The molecule has 0 atom stereocenters. The molecule has 1 rings (SSSR count). The van der Waals surface area contributed by atoms with E-state index in [1.807, 2.05) is 0 Å². The smallest absolute Gasteiger partial charge is 0.292 e. The molecular formula is C12H17FN2O2. The van der Waals surface area contributed by atoms with E-state index in [1.165, 1.54) is 11.6 Å². The minimum Gasteiger partial charge on any atom is -0.345 e. The van der Waals surface area contributed by atoms with Crippen molar-refractivity contribution in [2.45, 2.75) is 33.2 Å². The van der Waals surface area contributed by atoms with E-state index in [9.17, 15) is 14.0 Å². The lowest BCUT2D eigenvalue weighted by Gasteiger charge is -2.19. The number of hydrogen-bond acceptors (Lipinski definition) is 2. The summed E-state index contributed by atoms with van der Waals surface area (Å²) in [7, 11) is 1.50. The molecular weight excluding hydrogens is 223 g/mol. The Morgan fingerprint density at radius 2 is 1.88 bits per heavy atom. The predicted molar refractivity (Wildman–Crippen MR) is 62.3 cm³/mol. The normalized spacial score (nSPS) is 11.4. The standard InChI is InChI=1S/C12H17FN2O2/c1-7-8(6-9(13)15(7)5)10(16)11(17)14-12(2,3)4/h6H,1-5H3,(H,14,17). The molecule has 17 heavy (non-hydrogen) atoms. The highest BCUT2D eigenvalue weighted by molar-refractivity contribution is 6.43. The van der Waals surface area contributed by atoms with Crippen LogP contribution < -0.4 is 5.32 Å². The number of hydrogen-bond donors (Lipinski definition) is 1. The van der Waals surface area contributed by atoms with E-state index in [4.69, 9.17) is 0 Å². The molecule has 1 amide bonds. The van der Waals surface area contributed by atoms with Crippen LogP contribution in [0.3, 0.4) is 0 Å². The minimum atomic E-state index is -0.716. The highest BCUT2D eigenvalue weighted by atomic mass is 19.1. The summed E-state index contributed by atoms with van der Waals surface area (Å²) in [5, 5.41) is 2.55. The van der Waals surface area contributed by atoms with Crippen molar-refractivity contribution < 1.29 is 14.0 Å². The van der Waals surface area contributed by atoms with Crippen LogP contribution in [0.1, 0.15) is 36.8 Å². The van der Waals surface area contributed by atoms with Crippen molar-refractivity contribution in [2.24, 2.45) is 7.05 Å². The van der Waals surface area contributed by atoms with E-state index >= 15 is 0 Å². The van der Waals surface area contributed by atoms with E-state index in [1.54, 1.807) is 27.7 Å². The lowest BCUT2D eigenvalue weighted by Crippen LogP contribution is -2.44. The molecule has 0 aliphatic heterocycles. The summed E-state index contributed by atoms with van der Waals surface area (Å²) in [6.45, 7) is 6.92. The number of carbonyl (C=O) groups is 2. The Labute approximate surface area is 99.8 Å². The van der Waals surface area contributed by atoms with Gasteiger partial charge in [0.2, 0.25) is 0 Å². The van der Waals surface area contributed by atoms with Gasteiger partial charge in [-0.25, -0.2) is 0 Å². The summed E-state index contributed by atoms with van der Waals surface area (Å²) in [6, 6.07) is 1.08. The predicted octanol–water partition coefficient (Wildman–Crippen LogP) is 1.57. The zero-order valence-corrected chi connectivity index (χ0v) is 10.7. The molecule has 0 saturated heterocycles. The Morgan fingerprint density at radius 1 is 1.35 bits per heavy atom. The van der Waals surface area contributed by atoms with Crippen molar-refractivity contribution in [1.29, 1.82) is 0 Å². The molecule has 0 radical (unpaired) electrons. The first-order chi connectivity index (χ1) is 7.63. The Bertz CT molecular complexity index is 470. The largest absolute Gasteiger partial charge is 0.345 e. The molecule has 4 nitrogen and oxygen atoms in total. The molecule has 0 bridgehead atoms. The lowest BCUT2D eigenvalue weighted by atomic mass is 10.1. The van der Waals surface area contributed by atoms with Gasteiger partial charge in [0, 0.05) is 24.3 Å². The monoisotopic (exact) mass is 240 g/mol. The van der Waals surface area contributed by atoms with Crippen molar-refractivity contribution in [2.75, 3.05) is 0 Å². The number of Topliss-reactive ketones (excluding diaryl/α,β-unsaturated/α-hetero) is 1. The van der Waals surface area contributed by atoms with Crippen LogP contribution in [0, 0.1) is 12.9 Å². The number of rotatable bonds is 2. The van der Waals surface area contributed by atoms with E-state index in [0.717, 1.165) is 6.07 Å². The van der Waals surface area contributed by atoms with Crippen molar-refractivity contribution in [1.82, 2.24) is 9.88 Å². The van der Waals surface area contributed by atoms with Gasteiger partial charge < -0.3 is 9.88 Å². The van der Waals surface area contributed by atoms with Gasteiger partial charge in [0.05, 0.1) is 5.56 Å². The summed E-state index contributed by atoms with van der Waals surface area (Å²) in [4.78, 5) is 23.5. The summed E-state index contributed by atoms with van der Waals surface area (Å²) in [6.07, 6.45) is 0. The average molecular weight is 240 g/mol. The molecule has 0 unspecified atom stereocenters. The molecule has 1 N–H and O–H groups in total. The third kappa shape index (κ3) is 2.93. The first-order valence-electron chi connectivity index (χ1n) is 5.32. The summed E-state index contributed by atoms with van der Waals surface area (Å²) >= 11 is 0. The summed E-state index contributed by atoms with van der Waals surface area (Å²) < 4.78 is 14.5. The first kappa shape index (κ1) is 13.4. The molecule has 0 fully saturated rings. The number of aromatic nitrogens is 1. The fourth-order valence-corrected chi connectivity index (χ4v) is 1.41. The highest BCUT2D eigenvalue weighted by Gasteiger charge is 2.25. The molecule has 0 aliphatic carbocycles. The zero-order chi connectivity index (χ0) is 13.4. The second kappa shape index (κ2) is 4.31. The quantitative estimate of drug-likeness (QED) is 0.630. The second-order valence-electron chi connectivity index (χ2n) is 5.06.